The standard InChI is InChI=1S/C26H27N3O3S/c1-3-27-25(31)23-18-10-6-7-11-22(18)33-26(23)28-24(30)20-14-21-19(12-13-32-21)29(20)15-17-9-5-4-8-16(17)2/h4-5,8-9,12-14H,3,6-7,10-11,15H2,1-2H3,(H,27,31)(H,28,30). The van der Waals surface area contributed by atoms with Crippen molar-refractivity contribution in [1.29, 1.82) is 0 Å². The van der Waals surface area contributed by atoms with E-state index in [2.05, 4.69) is 29.7 Å². The summed E-state index contributed by atoms with van der Waals surface area (Å²) in [6.07, 6.45) is 5.66. The third-order valence-corrected chi connectivity index (χ3v) is 7.52. The normalized spacial score (nSPS) is 13.2. The minimum atomic E-state index is -0.237. The molecule has 0 saturated heterocycles. The molecule has 0 spiro atoms. The van der Waals surface area contributed by atoms with E-state index in [-0.39, 0.29) is 11.8 Å². The van der Waals surface area contributed by atoms with E-state index < -0.39 is 0 Å². The van der Waals surface area contributed by atoms with E-state index >= 15 is 0 Å². The lowest BCUT2D eigenvalue weighted by molar-refractivity contribution is 0.0956. The van der Waals surface area contributed by atoms with Gasteiger partial charge in [-0.1, -0.05) is 24.3 Å². The van der Waals surface area contributed by atoms with Gasteiger partial charge in [-0.3, -0.25) is 9.59 Å². The third-order valence-electron chi connectivity index (χ3n) is 6.31. The van der Waals surface area contributed by atoms with Gasteiger partial charge in [-0.2, -0.15) is 0 Å². The zero-order valence-corrected chi connectivity index (χ0v) is 19.7. The molecule has 0 saturated carbocycles. The van der Waals surface area contributed by atoms with E-state index in [0.29, 0.717) is 34.9 Å². The number of carbonyl (C=O) groups is 2. The van der Waals surface area contributed by atoms with Crippen LogP contribution in [-0.2, 0) is 19.4 Å². The van der Waals surface area contributed by atoms with Crippen molar-refractivity contribution in [3.63, 3.8) is 0 Å². The van der Waals surface area contributed by atoms with Crippen LogP contribution in [0.2, 0.25) is 0 Å². The number of benzene rings is 1. The van der Waals surface area contributed by atoms with E-state index in [9.17, 15) is 9.59 Å². The van der Waals surface area contributed by atoms with Crippen LogP contribution >= 0.6 is 11.3 Å². The second kappa shape index (κ2) is 8.90. The first-order valence-corrected chi connectivity index (χ1v) is 12.2. The highest BCUT2D eigenvalue weighted by Gasteiger charge is 2.27. The lowest BCUT2D eigenvalue weighted by Crippen LogP contribution is -2.26. The van der Waals surface area contributed by atoms with Crippen molar-refractivity contribution in [1.82, 2.24) is 9.88 Å². The highest BCUT2D eigenvalue weighted by Crippen LogP contribution is 2.38. The highest BCUT2D eigenvalue weighted by molar-refractivity contribution is 7.17. The predicted molar refractivity (Wildman–Crippen MR) is 131 cm³/mol. The number of anilines is 1. The van der Waals surface area contributed by atoms with Gasteiger partial charge in [-0.05, 0) is 56.2 Å². The number of carbonyl (C=O) groups excluding carboxylic acids is 2. The monoisotopic (exact) mass is 461 g/mol. The molecule has 0 radical (unpaired) electrons. The number of hydrogen-bond donors (Lipinski definition) is 2. The second-order valence-corrected chi connectivity index (χ2v) is 9.55. The summed E-state index contributed by atoms with van der Waals surface area (Å²) in [5.41, 5.74) is 6.09. The zero-order chi connectivity index (χ0) is 22.9. The number of nitrogens with zero attached hydrogens (tertiary/aromatic N) is 1. The maximum Gasteiger partial charge on any atom is 0.273 e. The Bertz CT molecular complexity index is 1340. The lowest BCUT2D eigenvalue weighted by atomic mass is 9.95. The van der Waals surface area contributed by atoms with Gasteiger partial charge in [0.15, 0.2) is 5.58 Å². The van der Waals surface area contributed by atoms with E-state index in [1.54, 1.807) is 12.3 Å². The number of thiophene rings is 1. The van der Waals surface area contributed by atoms with Crippen molar-refractivity contribution >= 4 is 39.3 Å². The van der Waals surface area contributed by atoms with E-state index in [1.807, 2.05) is 29.7 Å². The van der Waals surface area contributed by atoms with Crippen molar-refractivity contribution < 1.29 is 14.0 Å². The minimum absolute atomic E-state index is 0.115. The van der Waals surface area contributed by atoms with Crippen molar-refractivity contribution in [3.05, 3.63) is 75.5 Å². The number of hydrogen-bond acceptors (Lipinski definition) is 4. The van der Waals surface area contributed by atoms with Gasteiger partial charge in [0.1, 0.15) is 10.7 Å². The van der Waals surface area contributed by atoms with Gasteiger partial charge in [0, 0.05) is 30.1 Å². The van der Waals surface area contributed by atoms with Gasteiger partial charge in [-0.25, -0.2) is 0 Å². The Morgan fingerprint density at radius 1 is 1.12 bits per heavy atom. The largest absolute Gasteiger partial charge is 0.463 e. The van der Waals surface area contributed by atoms with Crippen LogP contribution in [0.5, 0.6) is 0 Å². The first kappa shape index (κ1) is 21.5. The van der Waals surface area contributed by atoms with Crippen molar-refractivity contribution in [2.75, 3.05) is 11.9 Å². The van der Waals surface area contributed by atoms with Crippen molar-refractivity contribution in [2.24, 2.45) is 0 Å². The molecular formula is C26H27N3O3S. The number of amides is 2. The summed E-state index contributed by atoms with van der Waals surface area (Å²) >= 11 is 1.53. The summed E-state index contributed by atoms with van der Waals surface area (Å²) in [7, 11) is 0. The van der Waals surface area contributed by atoms with Gasteiger partial charge in [0.25, 0.3) is 11.8 Å². The summed E-state index contributed by atoms with van der Waals surface area (Å²) in [4.78, 5) is 27.6. The number of furan rings is 1. The Morgan fingerprint density at radius 2 is 1.94 bits per heavy atom. The molecule has 0 aliphatic heterocycles. The van der Waals surface area contributed by atoms with Gasteiger partial charge in [0.05, 0.1) is 17.3 Å². The Morgan fingerprint density at radius 3 is 2.76 bits per heavy atom. The molecule has 1 aliphatic rings. The number of fused-ring (bicyclic) bond motifs is 2. The molecule has 7 heteroatoms. The van der Waals surface area contributed by atoms with Gasteiger partial charge in [0.2, 0.25) is 0 Å². The maximum atomic E-state index is 13.5. The van der Waals surface area contributed by atoms with E-state index in [4.69, 9.17) is 4.42 Å². The molecular weight excluding hydrogens is 434 g/mol. The fourth-order valence-electron chi connectivity index (χ4n) is 4.60. The molecule has 0 atom stereocenters. The first-order valence-electron chi connectivity index (χ1n) is 11.4. The minimum Gasteiger partial charge on any atom is -0.463 e. The summed E-state index contributed by atoms with van der Waals surface area (Å²) in [6.45, 7) is 5.08. The predicted octanol–water partition coefficient (Wildman–Crippen LogP) is 5.53. The highest BCUT2D eigenvalue weighted by atomic mass is 32.1. The van der Waals surface area contributed by atoms with Crippen LogP contribution in [0.15, 0.2) is 47.1 Å². The van der Waals surface area contributed by atoms with Crippen LogP contribution in [0.25, 0.3) is 11.1 Å². The van der Waals surface area contributed by atoms with Gasteiger partial charge >= 0.3 is 0 Å². The molecule has 170 valence electrons. The van der Waals surface area contributed by atoms with E-state index in [0.717, 1.165) is 42.3 Å². The molecule has 4 aromatic rings. The van der Waals surface area contributed by atoms with E-state index in [1.165, 1.54) is 21.8 Å². The maximum absolute atomic E-state index is 13.5. The molecule has 1 aliphatic carbocycles. The number of aromatic nitrogens is 1. The fraction of sp³-hybridized carbons (Fsp3) is 0.308. The molecule has 5 rings (SSSR count). The van der Waals surface area contributed by atoms with Crippen LogP contribution < -0.4 is 10.6 Å². The first-order chi connectivity index (χ1) is 16.1. The van der Waals surface area contributed by atoms with Crippen molar-refractivity contribution in [2.45, 2.75) is 46.1 Å². The topological polar surface area (TPSA) is 76.3 Å². The SMILES string of the molecule is CCNC(=O)c1c(NC(=O)c2cc3occc3n2Cc2ccccc2C)sc2c1CCCC2. The van der Waals surface area contributed by atoms with Crippen LogP contribution in [0.1, 0.15) is 62.2 Å². The molecule has 1 aromatic carbocycles. The quantitative estimate of drug-likeness (QED) is 0.396. The lowest BCUT2D eigenvalue weighted by Gasteiger charge is -2.14. The number of aryl methyl sites for hydroxylation is 2. The summed E-state index contributed by atoms with van der Waals surface area (Å²) < 4.78 is 7.59. The van der Waals surface area contributed by atoms with Gasteiger partial charge < -0.3 is 19.6 Å². The Kier molecular flexibility index (Phi) is 5.81. The summed E-state index contributed by atoms with van der Waals surface area (Å²) in [6, 6.07) is 11.8. The Hall–Kier alpha value is -3.32. The van der Waals surface area contributed by atoms with Gasteiger partial charge in [-0.15, -0.1) is 11.3 Å². The Labute approximate surface area is 196 Å². The number of nitrogens with one attached hydrogen (secondary N) is 2. The molecule has 2 amide bonds. The second-order valence-electron chi connectivity index (χ2n) is 8.44. The van der Waals surface area contributed by atoms with Crippen LogP contribution in [0.3, 0.4) is 0 Å². The van der Waals surface area contributed by atoms with Crippen LogP contribution in [0.4, 0.5) is 5.00 Å². The number of rotatable bonds is 6. The molecule has 0 unspecified atom stereocenters. The van der Waals surface area contributed by atoms with Crippen molar-refractivity contribution in [3.8, 4) is 0 Å². The average Bonchev–Trinajstić information content (AvgIpc) is 3.49. The third kappa shape index (κ3) is 3.97. The molecule has 0 bridgehead atoms. The van der Waals surface area contributed by atoms with Crippen LogP contribution in [-0.4, -0.2) is 22.9 Å². The summed E-state index contributed by atoms with van der Waals surface area (Å²) in [5, 5.41) is 6.62. The molecule has 3 aromatic heterocycles. The van der Waals surface area contributed by atoms with Crippen LogP contribution in [0, 0.1) is 6.92 Å². The zero-order valence-electron chi connectivity index (χ0n) is 18.9. The molecule has 3 heterocycles. The average molecular weight is 462 g/mol. The smallest absolute Gasteiger partial charge is 0.273 e. The molecule has 33 heavy (non-hydrogen) atoms. The fourth-order valence-corrected chi connectivity index (χ4v) is 5.89. The molecule has 6 nitrogen and oxygen atoms in total. The Balaban J connectivity index is 1.52. The summed E-state index contributed by atoms with van der Waals surface area (Å²) in [5.74, 6) is -0.351. The molecule has 0 fully saturated rings. The molecule has 2 N–H and O–H groups in total.